The zero-order valence-electron chi connectivity index (χ0n) is 17.0. The maximum Gasteiger partial charge on any atom is 0.129 e. The number of nitrogens with zero attached hydrogens (tertiary/aromatic N) is 4. The fraction of sp³-hybridized carbons (Fsp3) is 0.381. The Bertz CT molecular complexity index is 958. The van der Waals surface area contributed by atoms with E-state index in [1.54, 1.807) is 18.3 Å². The molecular weight excluding hydrogens is 400 g/mol. The van der Waals surface area contributed by atoms with Crippen molar-refractivity contribution in [2.75, 3.05) is 30.3 Å². The molecule has 3 rings (SSSR count). The van der Waals surface area contributed by atoms with E-state index in [0.29, 0.717) is 34.2 Å². The number of nitrogens with two attached hydrogens (primary N) is 2. The van der Waals surface area contributed by atoms with E-state index in [-0.39, 0.29) is 17.7 Å². The molecule has 0 spiro atoms. The number of hydrogen-bond donors (Lipinski definition) is 4. The summed E-state index contributed by atoms with van der Waals surface area (Å²) in [5.41, 5.74) is 14.1. The van der Waals surface area contributed by atoms with Gasteiger partial charge in [-0.25, -0.2) is 4.98 Å². The topological polar surface area (TPSA) is 141 Å². The van der Waals surface area contributed by atoms with E-state index < -0.39 is 0 Å². The second kappa shape index (κ2) is 9.77. The van der Waals surface area contributed by atoms with Crippen molar-refractivity contribution in [3.63, 3.8) is 0 Å². The van der Waals surface area contributed by atoms with Crippen LogP contribution in [0, 0.1) is 10.8 Å². The normalized spacial score (nSPS) is 17.8. The molecule has 0 aliphatic carbocycles. The van der Waals surface area contributed by atoms with E-state index in [4.69, 9.17) is 33.9 Å². The summed E-state index contributed by atoms with van der Waals surface area (Å²) in [6.45, 7) is 4.13. The van der Waals surface area contributed by atoms with Crippen LogP contribution < -0.4 is 16.4 Å². The number of hydrogen-bond acceptors (Lipinski definition) is 8. The van der Waals surface area contributed by atoms with E-state index >= 15 is 0 Å². The number of rotatable bonds is 7. The Hall–Kier alpha value is -2.84. The van der Waals surface area contributed by atoms with Crippen LogP contribution in [-0.4, -0.2) is 53.8 Å². The molecule has 0 amide bonds. The molecule has 6 N–H and O–H groups in total. The van der Waals surface area contributed by atoms with E-state index in [0.717, 1.165) is 31.7 Å². The van der Waals surface area contributed by atoms with Crippen molar-refractivity contribution in [2.45, 2.75) is 31.7 Å². The van der Waals surface area contributed by atoms with Crippen LogP contribution in [-0.2, 0) is 0 Å². The lowest BCUT2D eigenvalue weighted by molar-refractivity contribution is 0.503. The maximum atomic E-state index is 8.75. The lowest BCUT2D eigenvalue weighted by atomic mass is 10.0. The van der Waals surface area contributed by atoms with Gasteiger partial charge in [-0.1, -0.05) is 11.6 Å². The summed E-state index contributed by atoms with van der Waals surface area (Å²) in [6.07, 6.45) is 6.43. The van der Waals surface area contributed by atoms with Crippen molar-refractivity contribution in [1.82, 2.24) is 9.97 Å². The van der Waals surface area contributed by atoms with E-state index in [1.165, 1.54) is 12.4 Å². The summed E-state index contributed by atoms with van der Waals surface area (Å²) in [5, 5.41) is 16.8. The molecule has 2 unspecified atom stereocenters. The Kier molecular flexibility index (Phi) is 7.12. The van der Waals surface area contributed by atoms with E-state index in [9.17, 15) is 0 Å². The van der Waals surface area contributed by atoms with Crippen LogP contribution in [0.2, 0.25) is 5.02 Å². The molecule has 0 saturated carbocycles. The molecule has 0 bridgehead atoms. The number of aromatic nitrogens is 2. The first-order valence-corrected chi connectivity index (χ1v) is 10.3. The van der Waals surface area contributed by atoms with Crippen LogP contribution in [0.5, 0.6) is 0 Å². The zero-order valence-corrected chi connectivity index (χ0v) is 17.7. The van der Waals surface area contributed by atoms with Gasteiger partial charge in [0.1, 0.15) is 11.5 Å². The molecule has 30 heavy (non-hydrogen) atoms. The molecule has 1 fully saturated rings. The van der Waals surface area contributed by atoms with Gasteiger partial charge >= 0.3 is 0 Å². The van der Waals surface area contributed by atoms with E-state index in [2.05, 4.69) is 19.9 Å². The molecule has 158 valence electrons. The Morgan fingerprint density at radius 2 is 2.27 bits per heavy atom. The van der Waals surface area contributed by atoms with Crippen molar-refractivity contribution >= 4 is 41.2 Å². The number of piperidine rings is 1. The summed E-state index contributed by atoms with van der Waals surface area (Å²) >= 11 is 6.40. The van der Waals surface area contributed by atoms with Gasteiger partial charge in [-0.05, 0) is 38.0 Å². The Labute approximate surface area is 181 Å². The SMILES string of the molecule is CCN=CC(C=N)c1cc(C(=N)c2nc(N3CCCC(N)C3)ccc2Cl)c(N)cn1. The number of aliphatic imine (C=N–C) groups is 1. The first-order chi connectivity index (χ1) is 14.4. The van der Waals surface area contributed by atoms with Crippen molar-refractivity contribution in [2.24, 2.45) is 10.7 Å². The average molecular weight is 427 g/mol. The number of nitrogens with one attached hydrogen (secondary N) is 2. The fourth-order valence-electron chi connectivity index (χ4n) is 3.43. The minimum Gasteiger partial charge on any atom is -0.397 e. The third kappa shape index (κ3) is 4.83. The quantitative estimate of drug-likeness (QED) is 0.503. The first-order valence-electron chi connectivity index (χ1n) is 9.96. The maximum absolute atomic E-state index is 8.75. The number of halogens is 1. The minimum atomic E-state index is -0.387. The van der Waals surface area contributed by atoms with Crippen molar-refractivity contribution in [1.29, 1.82) is 10.8 Å². The highest BCUT2D eigenvalue weighted by molar-refractivity contribution is 6.35. The lowest BCUT2D eigenvalue weighted by Crippen LogP contribution is -2.43. The highest BCUT2D eigenvalue weighted by Crippen LogP contribution is 2.26. The van der Waals surface area contributed by atoms with E-state index in [1.807, 2.05) is 13.0 Å². The van der Waals surface area contributed by atoms with Crippen molar-refractivity contribution in [3.8, 4) is 0 Å². The monoisotopic (exact) mass is 426 g/mol. The molecule has 1 aliphatic rings. The summed E-state index contributed by atoms with van der Waals surface area (Å²) in [6, 6.07) is 5.42. The van der Waals surface area contributed by atoms with Gasteiger partial charge in [0.05, 0.1) is 34.2 Å². The summed E-state index contributed by atoms with van der Waals surface area (Å²) < 4.78 is 0. The second-order valence-corrected chi connectivity index (χ2v) is 7.67. The molecule has 2 atom stereocenters. The summed E-state index contributed by atoms with van der Waals surface area (Å²) in [4.78, 5) is 15.3. The summed E-state index contributed by atoms with van der Waals surface area (Å²) in [7, 11) is 0. The van der Waals surface area contributed by atoms with Crippen LogP contribution in [0.1, 0.15) is 42.6 Å². The molecule has 8 nitrogen and oxygen atoms in total. The van der Waals surface area contributed by atoms with Gasteiger partial charge in [0.2, 0.25) is 0 Å². The molecule has 3 heterocycles. The first kappa shape index (κ1) is 21.9. The Morgan fingerprint density at radius 3 is 2.97 bits per heavy atom. The highest BCUT2D eigenvalue weighted by Gasteiger charge is 2.21. The minimum absolute atomic E-state index is 0.111. The van der Waals surface area contributed by atoms with Crippen LogP contribution in [0.3, 0.4) is 0 Å². The molecule has 0 radical (unpaired) electrons. The van der Waals surface area contributed by atoms with Gasteiger partial charge in [-0.3, -0.25) is 15.4 Å². The number of anilines is 2. The van der Waals surface area contributed by atoms with Gasteiger partial charge in [0, 0.05) is 43.7 Å². The second-order valence-electron chi connectivity index (χ2n) is 7.26. The van der Waals surface area contributed by atoms with Gasteiger partial charge < -0.3 is 21.8 Å². The average Bonchev–Trinajstić information content (AvgIpc) is 2.75. The molecule has 0 aromatic carbocycles. The molecule has 9 heteroatoms. The van der Waals surface area contributed by atoms with Crippen LogP contribution in [0.15, 0.2) is 29.4 Å². The molecular formula is C21H27ClN8. The largest absolute Gasteiger partial charge is 0.397 e. The summed E-state index contributed by atoms with van der Waals surface area (Å²) in [5.74, 6) is 0.358. The van der Waals surface area contributed by atoms with Gasteiger partial charge in [0.25, 0.3) is 0 Å². The number of pyridine rings is 2. The third-order valence-electron chi connectivity index (χ3n) is 5.04. The highest BCUT2D eigenvalue weighted by atomic mass is 35.5. The standard InChI is InChI=1S/C21H27ClN8/c1-2-27-10-13(9-23)18-8-15(17(25)11-28-18)20(26)21-16(22)5-6-19(29-21)30-7-3-4-14(24)12-30/h5-6,8-11,13-14,23,26H,2-4,7,12,24-25H2,1H3. The third-order valence-corrected chi connectivity index (χ3v) is 5.35. The molecule has 1 saturated heterocycles. The smallest absolute Gasteiger partial charge is 0.129 e. The van der Waals surface area contributed by atoms with Crippen LogP contribution >= 0.6 is 11.6 Å². The van der Waals surface area contributed by atoms with Crippen molar-refractivity contribution in [3.05, 3.63) is 46.4 Å². The molecule has 2 aromatic rings. The lowest BCUT2D eigenvalue weighted by Gasteiger charge is -2.32. The Balaban J connectivity index is 1.96. The Morgan fingerprint density at radius 1 is 1.47 bits per heavy atom. The van der Waals surface area contributed by atoms with Crippen LogP contribution in [0.25, 0.3) is 0 Å². The predicted molar refractivity (Wildman–Crippen MR) is 124 cm³/mol. The predicted octanol–water partition coefficient (Wildman–Crippen LogP) is 2.88. The van der Waals surface area contributed by atoms with Crippen LogP contribution in [0.4, 0.5) is 11.5 Å². The van der Waals surface area contributed by atoms with Gasteiger partial charge in [0.15, 0.2) is 0 Å². The molecule has 2 aromatic heterocycles. The van der Waals surface area contributed by atoms with Gasteiger partial charge in [-0.2, -0.15) is 0 Å². The molecule has 1 aliphatic heterocycles. The number of nitrogen functional groups attached to an aromatic ring is 1. The van der Waals surface area contributed by atoms with Crippen molar-refractivity contribution < 1.29 is 0 Å². The zero-order chi connectivity index (χ0) is 21.7. The van der Waals surface area contributed by atoms with Gasteiger partial charge in [-0.15, -0.1) is 0 Å². The fourth-order valence-corrected chi connectivity index (χ4v) is 3.63.